The van der Waals surface area contributed by atoms with Crippen LogP contribution in [-0.2, 0) is 4.79 Å². The lowest BCUT2D eigenvalue weighted by Crippen LogP contribution is -2.20. The Balaban J connectivity index is 1.94. The summed E-state index contributed by atoms with van der Waals surface area (Å²) in [4.78, 5) is 22.5. The maximum Gasteiger partial charge on any atom is 0.262 e. The first-order valence-corrected chi connectivity index (χ1v) is 7.12. The lowest BCUT2D eigenvalue weighted by molar-refractivity contribution is -0.118. The number of ether oxygens (including phenoxy) is 1. The van der Waals surface area contributed by atoms with Crippen molar-refractivity contribution in [3.05, 3.63) is 58.1 Å². The number of carbonyl (C=O) groups is 2. The van der Waals surface area contributed by atoms with E-state index in [9.17, 15) is 9.59 Å². The minimum atomic E-state index is -0.268. The predicted molar refractivity (Wildman–Crippen MR) is 84.8 cm³/mol. The Bertz CT molecular complexity index is 670. The van der Waals surface area contributed by atoms with Gasteiger partial charge in [0, 0.05) is 10.0 Å². The van der Waals surface area contributed by atoms with Gasteiger partial charge in [-0.3, -0.25) is 9.59 Å². The van der Waals surface area contributed by atoms with E-state index in [2.05, 4.69) is 21.2 Å². The van der Waals surface area contributed by atoms with E-state index in [0.29, 0.717) is 17.0 Å². The van der Waals surface area contributed by atoms with Crippen molar-refractivity contribution >= 4 is 33.8 Å². The molecule has 2 aromatic rings. The maximum absolute atomic E-state index is 11.9. The number of hydrogen-bond acceptors (Lipinski definition) is 3. The summed E-state index contributed by atoms with van der Waals surface area (Å²) in [5.74, 6) is 0.216. The molecular formula is C16H14BrNO3. The zero-order chi connectivity index (χ0) is 15.2. The molecule has 108 valence electrons. The van der Waals surface area contributed by atoms with Gasteiger partial charge in [-0.25, -0.2) is 0 Å². The zero-order valence-electron chi connectivity index (χ0n) is 11.4. The van der Waals surface area contributed by atoms with Crippen molar-refractivity contribution in [2.75, 3.05) is 11.9 Å². The van der Waals surface area contributed by atoms with Crippen molar-refractivity contribution in [3.8, 4) is 5.75 Å². The number of aryl methyl sites for hydroxylation is 1. The molecule has 2 aromatic carbocycles. The topological polar surface area (TPSA) is 55.4 Å². The largest absolute Gasteiger partial charge is 0.484 e. The smallest absolute Gasteiger partial charge is 0.262 e. The molecule has 0 aromatic heterocycles. The second-order valence-electron chi connectivity index (χ2n) is 4.51. The SMILES string of the molecule is Cc1ccc(NC(=O)COc2cccc(C=O)c2)c(Br)c1. The lowest BCUT2D eigenvalue weighted by atomic mass is 10.2. The van der Waals surface area contributed by atoms with Crippen LogP contribution < -0.4 is 10.1 Å². The number of hydrogen-bond donors (Lipinski definition) is 1. The van der Waals surface area contributed by atoms with Crippen LogP contribution in [-0.4, -0.2) is 18.8 Å². The molecule has 2 rings (SSSR count). The van der Waals surface area contributed by atoms with Crippen molar-refractivity contribution in [3.63, 3.8) is 0 Å². The quantitative estimate of drug-likeness (QED) is 0.841. The summed E-state index contributed by atoms with van der Waals surface area (Å²) in [7, 11) is 0. The Kier molecular flexibility index (Phi) is 5.11. The third kappa shape index (κ3) is 4.43. The number of aldehydes is 1. The number of benzene rings is 2. The molecule has 0 heterocycles. The van der Waals surface area contributed by atoms with Gasteiger partial charge in [-0.15, -0.1) is 0 Å². The molecule has 0 fully saturated rings. The van der Waals surface area contributed by atoms with Gasteiger partial charge in [0.1, 0.15) is 12.0 Å². The Labute approximate surface area is 131 Å². The fourth-order valence-electron chi connectivity index (χ4n) is 1.73. The summed E-state index contributed by atoms with van der Waals surface area (Å²) in [5.41, 5.74) is 2.30. The highest BCUT2D eigenvalue weighted by atomic mass is 79.9. The first-order valence-electron chi connectivity index (χ1n) is 6.32. The molecular weight excluding hydrogens is 334 g/mol. The third-order valence-electron chi connectivity index (χ3n) is 2.76. The second-order valence-corrected chi connectivity index (χ2v) is 5.36. The van der Waals surface area contributed by atoms with Gasteiger partial charge in [0.25, 0.3) is 5.91 Å². The molecule has 0 unspecified atom stereocenters. The Morgan fingerprint density at radius 2 is 2.10 bits per heavy atom. The van der Waals surface area contributed by atoms with Crippen molar-refractivity contribution in [1.29, 1.82) is 0 Å². The Hall–Kier alpha value is -2.14. The fourth-order valence-corrected chi connectivity index (χ4v) is 2.33. The van der Waals surface area contributed by atoms with Crippen LogP contribution in [0.25, 0.3) is 0 Å². The van der Waals surface area contributed by atoms with E-state index in [4.69, 9.17) is 4.74 Å². The summed E-state index contributed by atoms with van der Waals surface area (Å²) in [5, 5.41) is 2.76. The number of nitrogens with one attached hydrogen (secondary N) is 1. The molecule has 1 amide bonds. The summed E-state index contributed by atoms with van der Waals surface area (Å²) in [6.07, 6.45) is 0.732. The van der Waals surface area contributed by atoms with Crippen LogP contribution >= 0.6 is 15.9 Å². The number of anilines is 1. The van der Waals surface area contributed by atoms with Gasteiger partial charge < -0.3 is 10.1 Å². The van der Waals surface area contributed by atoms with Gasteiger partial charge in [0.2, 0.25) is 0 Å². The number of carbonyl (C=O) groups excluding carboxylic acids is 2. The van der Waals surface area contributed by atoms with Gasteiger partial charge in [-0.2, -0.15) is 0 Å². The van der Waals surface area contributed by atoms with Crippen LogP contribution in [0.5, 0.6) is 5.75 Å². The van der Waals surface area contributed by atoms with E-state index in [1.165, 1.54) is 0 Å². The van der Waals surface area contributed by atoms with Crippen molar-refractivity contribution in [2.45, 2.75) is 6.92 Å². The lowest BCUT2D eigenvalue weighted by Gasteiger charge is -2.09. The van der Waals surface area contributed by atoms with Gasteiger partial charge in [0.15, 0.2) is 6.61 Å². The van der Waals surface area contributed by atoms with Crippen molar-refractivity contribution < 1.29 is 14.3 Å². The number of rotatable bonds is 5. The fraction of sp³-hybridized carbons (Fsp3) is 0.125. The highest BCUT2D eigenvalue weighted by Crippen LogP contribution is 2.23. The van der Waals surface area contributed by atoms with Gasteiger partial charge in [-0.05, 0) is 52.7 Å². The van der Waals surface area contributed by atoms with Gasteiger partial charge in [0.05, 0.1) is 5.69 Å². The molecule has 0 aliphatic heterocycles. The first-order chi connectivity index (χ1) is 10.1. The molecule has 0 aliphatic carbocycles. The van der Waals surface area contributed by atoms with Crippen LogP contribution in [0.4, 0.5) is 5.69 Å². The van der Waals surface area contributed by atoms with Crippen LogP contribution in [0.3, 0.4) is 0 Å². The zero-order valence-corrected chi connectivity index (χ0v) is 13.0. The monoisotopic (exact) mass is 347 g/mol. The van der Waals surface area contributed by atoms with E-state index >= 15 is 0 Å². The molecule has 21 heavy (non-hydrogen) atoms. The normalized spacial score (nSPS) is 10.0. The van der Waals surface area contributed by atoms with Crippen LogP contribution in [0.2, 0.25) is 0 Å². The summed E-state index contributed by atoms with van der Waals surface area (Å²) >= 11 is 3.40. The highest BCUT2D eigenvalue weighted by Gasteiger charge is 2.07. The minimum absolute atomic E-state index is 0.122. The van der Waals surface area contributed by atoms with E-state index in [-0.39, 0.29) is 12.5 Å². The third-order valence-corrected chi connectivity index (χ3v) is 3.42. The molecule has 0 atom stereocenters. The van der Waals surface area contributed by atoms with E-state index in [1.807, 2.05) is 25.1 Å². The summed E-state index contributed by atoms with van der Waals surface area (Å²) < 4.78 is 6.18. The number of amides is 1. The average Bonchev–Trinajstić information content (AvgIpc) is 2.48. The molecule has 4 nitrogen and oxygen atoms in total. The number of halogens is 1. The Morgan fingerprint density at radius 3 is 2.81 bits per heavy atom. The Morgan fingerprint density at radius 1 is 1.29 bits per heavy atom. The molecule has 0 radical (unpaired) electrons. The van der Waals surface area contributed by atoms with Crippen molar-refractivity contribution in [1.82, 2.24) is 0 Å². The predicted octanol–water partition coefficient (Wildman–Crippen LogP) is 3.59. The molecule has 5 heteroatoms. The molecule has 0 saturated heterocycles. The van der Waals surface area contributed by atoms with Gasteiger partial charge in [-0.1, -0.05) is 18.2 Å². The minimum Gasteiger partial charge on any atom is -0.484 e. The maximum atomic E-state index is 11.9. The van der Waals surface area contributed by atoms with Gasteiger partial charge >= 0.3 is 0 Å². The van der Waals surface area contributed by atoms with Crippen LogP contribution in [0.15, 0.2) is 46.9 Å². The summed E-state index contributed by atoms with van der Waals surface area (Å²) in [6, 6.07) is 12.3. The molecule has 0 aliphatic rings. The van der Waals surface area contributed by atoms with E-state index in [1.54, 1.807) is 24.3 Å². The molecule has 0 spiro atoms. The molecule has 0 saturated carbocycles. The average molecular weight is 348 g/mol. The van der Waals surface area contributed by atoms with E-state index in [0.717, 1.165) is 16.3 Å². The molecule has 0 bridgehead atoms. The highest BCUT2D eigenvalue weighted by molar-refractivity contribution is 9.10. The van der Waals surface area contributed by atoms with Crippen molar-refractivity contribution in [2.24, 2.45) is 0 Å². The molecule has 1 N–H and O–H groups in total. The first kappa shape index (κ1) is 15.3. The standard InChI is InChI=1S/C16H14BrNO3/c1-11-5-6-15(14(17)7-11)18-16(20)10-21-13-4-2-3-12(8-13)9-19/h2-9H,10H2,1H3,(H,18,20). The van der Waals surface area contributed by atoms with Crippen LogP contribution in [0, 0.1) is 6.92 Å². The second kappa shape index (κ2) is 7.04. The van der Waals surface area contributed by atoms with E-state index < -0.39 is 0 Å². The summed E-state index contributed by atoms with van der Waals surface area (Å²) in [6.45, 7) is 1.85. The van der Waals surface area contributed by atoms with Crippen LogP contribution in [0.1, 0.15) is 15.9 Å².